The maximum atomic E-state index is 5.59. The van der Waals surface area contributed by atoms with Gasteiger partial charge in [-0.3, -0.25) is 0 Å². The Morgan fingerprint density at radius 1 is 0.686 bits per heavy atom. The second-order valence-corrected chi connectivity index (χ2v) is 16.0. The maximum Gasteiger partial charge on any atom is 0.181 e. The van der Waals surface area contributed by atoms with Crippen molar-refractivity contribution in [2.45, 2.75) is 195 Å². The summed E-state index contributed by atoms with van der Waals surface area (Å²) in [6, 6.07) is 0. The van der Waals surface area contributed by atoms with Crippen LogP contribution in [0.15, 0.2) is 0 Å². The Labute approximate surface area is 315 Å². The van der Waals surface area contributed by atoms with Crippen molar-refractivity contribution >= 4 is 0 Å². The van der Waals surface area contributed by atoms with Crippen LogP contribution >= 0.6 is 0 Å². The molecule has 2 aliphatic carbocycles. The molecule has 7 rings (SSSR count). The van der Waals surface area contributed by atoms with Crippen LogP contribution in [-0.2, 0) is 37.9 Å². The smallest absolute Gasteiger partial charge is 0.181 e. The molecule has 7 fully saturated rings. The standard InChI is InChI=1S/C10H20O2.C10H18O.C9H16O.C7H14O2.C6H12O2.CH4/c1-3-5-6-11-7-10(4-2)8-12-9-10;1-3-7(2)8-4-5-9-10(6-8)11-9;1-2-3-7-4-5-8-9(6-7)10-8;1-2-3-4-8-5-7-6-9-7;1-2-3-4-7-6-5-8-6;/h3-9H2,1-2H3;7-10H,3-6H2,1-2H3;7-9H,2-6H2,1H3;7H,2-6H2,1H3;6H,2-5H2,1H3;1H4. The molecule has 9 atom stereocenters. The number of fused-ring (bicyclic) bond motifs is 2. The van der Waals surface area contributed by atoms with Gasteiger partial charge in [-0.15, -0.1) is 0 Å². The average molecular weight is 729 g/mol. The molecule has 0 bridgehead atoms. The lowest BCUT2D eigenvalue weighted by molar-refractivity contribution is -0.150. The molecule has 0 radical (unpaired) electrons. The summed E-state index contributed by atoms with van der Waals surface area (Å²) in [5, 5.41) is 0. The molecule has 5 aliphatic heterocycles. The van der Waals surface area contributed by atoms with Gasteiger partial charge in [0.25, 0.3) is 0 Å². The molecule has 304 valence electrons. The molecule has 9 unspecified atom stereocenters. The van der Waals surface area contributed by atoms with Gasteiger partial charge >= 0.3 is 0 Å². The number of epoxide rings is 4. The summed E-state index contributed by atoms with van der Waals surface area (Å²) in [7, 11) is 0. The largest absolute Gasteiger partial charge is 0.381 e. The van der Waals surface area contributed by atoms with Gasteiger partial charge in [-0.1, -0.05) is 94.4 Å². The van der Waals surface area contributed by atoms with Crippen LogP contribution in [0.3, 0.4) is 0 Å². The maximum absolute atomic E-state index is 5.59. The molecule has 0 aromatic carbocycles. The molecule has 8 nitrogen and oxygen atoms in total. The zero-order chi connectivity index (χ0) is 36.0. The lowest BCUT2D eigenvalue weighted by Gasteiger charge is -2.40. The molecule has 0 aromatic heterocycles. The van der Waals surface area contributed by atoms with Crippen LogP contribution in [0.4, 0.5) is 0 Å². The Morgan fingerprint density at radius 2 is 1.29 bits per heavy atom. The summed E-state index contributed by atoms with van der Waals surface area (Å²) in [5.74, 6) is 2.87. The number of unbranched alkanes of at least 4 members (excludes halogenated alkanes) is 3. The van der Waals surface area contributed by atoms with Crippen LogP contribution in [-0.4, -0.2) is 96.3 Å². The van der Waals surface area contributed by atoms with E-state index in [1.165, 1.54) is 96.3 Å². The molecule has 0 spiro atoms. The van der Waals surface area contributed by atoms with E-state index in [2.05, 4.69) is 48.5 Å². The van der Waals surface area contributed by atoms with Crippen molar-refractivity contribution in [1.29, 1.82) is 0 Å². The van der Waals surface area contributed by atoms with E-state index in [1.54, 1.807) is 0 Å². The number of hydrogen-bond acceptors (Lipinski definition) is 8. The minimum atomic E-state index is 0. The number of ether oxygens (including phenoxy) is 8. The first kappa shape index (κ1) is 46.8. The first-order valence-electron chi connectivity index (χ1n) is 21.3. The third-order valence-corrected chi connectivity index (χ3v) is 11.4. The second kappa shape index (κ2) is 27.3. The molecule has 51 heavy (non-hydrogen) atoms. The quantitative estimate of drug-likeness (QED) is 0.0960. The molecule has 5 saturated heterocycles. The highest BCUT2D eigenvalue weighted by molar-refractivity contribution is 4.93. The van der Waals surface area contributed by atoms with Crippen LogP contribution in [0.2, 0.25) is 0 Å². The minimum Gasteiger partial charge on any atom is -0.381 e. The average Bonchev–Trinajstić information content (AvgIpc) is 3.91. The van der Waals surface area contributed by atoms with Crippen molar-refractivity contribution in [3.05, 3.63) is 0 Å². The van der Waals surface area contributed by atoms with Gasteiger partial charge in [-0.05, 0) is 82.0 Å². The fourth-order valence-electron chi connectivity index (χ4n) is 6.88. The van der Waals surface area contributed by atoms with E-state index in [-0.39, 0.29) is 13.7 Å². The van der Waals surface area contributed by atoms with Crippen LogP contribution in [0.5, 0.6) is 0 Å². The van der Waals surface area contributed by atoms with Crippen molar-refractivity contribution in [2.24, 2.45) is 23.2 Å². The fraction of sp³-hybridized carbons (Fsp3) is 1.00. The molecular weight excluding hydrogens is 644 g/mol. The Balaban J connectivity index is 0.000000221. The van der Waals surface area contributed by atoms with Gasteiger partial charge in [0.2, 0.25) is 0 Å². The minimum absolute atomic E-state index is 0. The third-order valence-electron chi connectivity index (χ3n) is 11.4. The number of hydrogen-bond donors (Lipinski definition) is 0. The lowest BCUT2D eigenvalue weighted by Crippen LogP contribution is -2.45. The highest BCUT2D eigenvalue weighted by atomic mass is 16.8. The summed E-state index contributed by atoms with van der Waals surface area (Å²) in [6.45, 7) is 23.6. The van der Waals surface area contributed by atoms with Gasteiger partial charge in [-0.25, -0.2) is 0 Å². The Hall–Kier alpha value is -0.320. The van der Waals surface area contributed by atoms with E-state index in [0.29, 0.717) is 35.9 Å². The van der Waals surface area contributed by atoms with Crippen LogP contribution in [0, 0.1) is 23.2 Å². The highest BCUT2D eigenvalue weighted by Gasteiger charge is 2.45. The van der Waals surface area contributed by atoms with Gasteiger partial charge in [-0.2, -0.15) is 0 Å². The molecule has 5 heterocycles. The van der Waals surface area contributed by atoms with Crippen LogP contribution < -0.4 is 0 Å². The molecular formula is C43H84O8. The topological polar surface area (TPSA) is 87.0 Å². The van der Waals surface area contributed by atoms with E-state index < -0.39 is 0 Å². The van der Waals surface area contributed by atoms with Gasteiger partial charge < -0.3 is 37.9 Å². The predicted molar refractivity (Wildman–Crippen MR) is 208 cm³/mol. The molecule has 7 aliphatic rings. The van der Waals surface area contributed by atoms with E-state index in [1.807, 2.05) is 0 Å². The van der Waals surface area contributed by atoms with Crippen molar-refractivity contribution in [3.8, 4) is 0 Å². The molecule has 2 saturated carbocycles. The molecule has 0 amide bonds. The summed E-state index contributed by atoms with van der Waals surface area (Å²) in [5.41, 5.74) is 0.369. The van der Waals surface area contributed by atoms with Gasteiger partial charge in [0, 0.05) is 25.2 Å². The van der Waals surface area contributed by atoms with Crippen molar-refractivity contribution < 1.29 is 37.9 Å². The van der Waals surface area contributed by atoms with Crippen LogP contribution in [0.1, 0.15) is 159 Å². The summed E-state index contributed by atoms with van der Waals surface area (Å²) in [6.07, 6.45) is 24.0. The van der Waals surface area contributed by atoms with E-state index in [9.17, 15) is 0 Å². The van der Waals surface area contributed by atoms with Gasteiger partial charge in [0.15, 0.2) is 6.29 Å². The Bertz CT molecular complexity index is 810. The van der Waals surface area contributed by atoms with E-state index in [0.717, 1.165) is 83.6 Å². The first-order chi connectivity index (χ1) is 24.4. The monoisotopic (exact) mass is 729 g/mol. The van der Waals surface area contributed by atoms with Crippen LogP contribution in [0.25, 0.3) is 0 Å². The summed E-state index contributed by atoms with van der Waals surface area (Å²) < 4.78 is 42.0. The van der Waals surface area contributed by atoms with E-state index >= 15 is 0 Å². The third kappa shape index (κ3) is 20.8. The van der Waals surface area contributed by atoms with E-state index in [4.69, 9.17) is 37.9 Å². The molecule has 0 aromatic rings. The zero-order valence-electron chi connectivity index (χ0n) is 33.6. The van der Waals surface area contributed by atoms with Gasteiger partial charge in [0.1, 0.15) is 12.7 Å². The molecule has 0 N–H and O–H groups in total. The van der Waals surface area contributed by atoms with Crippen molar-refractivity contribution in [3.63, 3.8) is 0 Å². The Morgan fingerprint density at radius 3 is 1.78 bits per heavy atom. The number of rotatable bonds is 19. The van der Waals surface area contributed by atoms with Crippen molar-refractivity contribution in [2.75, 3.05) is 59.5 Å². The SMILES string of the molecule is C.CCC(C)C1CCC2OC2C1.CCCC1CCC2OC2C1.CCCCOC1CO1.CCCCOCC1(CC)COC1.CCCCOCC1CO1. The van der Waals surface area contributed by atoms with Crippen molar-refractivity contribution in [1.82, 2.24) is 0 Å². The zero-order valence-corrected chi connectivity index (χ0v) is 33.6. The Kier molecular flexibility index (Phi) is 25.1. The molecule has 8 heteroatoms. The first-order valence-corrected chi connectivity index (χ1v) is 21.3. The fourth-order valence-corrected chi connectivity index (χ4v) is 6.88. The predicted octanol–water partition coefficient (Wildman–Crippen LogP) is 10.2. The van der Waals surface area contributed by atoms with Gasteiger partial charge in [0.05, 0.1) is 57.5 Å². The lowest BCUT2D eigenvalue weighted by atomic mass is 9.80. The normalized spacial score (nSPS) is 31.6. The summed E-state index contributed by atoms with van der Waals surface area (Å²) in [4.78, 5) is 0. The second-order valence-electron chi connectivity index (χ2n) is 16.0. The summed E-state index contributed by atoms with van der Waals surface area (Å²) >= 11 is 0. The highest BCUT2D eigenvalue weighted by Crippen LogP contribution is 2.43.